The lowest BCUT2D eigenvalue weighted by Crippen LogP contribution is -2.49. The fourth-order valence-electron chi connectivity index (χ4n) is 4.00. The van der Waals surface area contributed by atoms with Crippen LogP contribution in [0.1, 0.15) is 22.7 Å². The molecule has 6 nitrogen and oxygen atoms in total. The molecule has 0 aliphatic heterocycles. The van der Waals surface area contributed by atoms with Crippen molar-refractivity contribution < 1.29 is 17.9 Å². The van der Waals surface area contributed by atoms with Gasteiger partial charge in [-0.15, -0.1) is 0 Å². The summed E-state index contributed by atoms with van der Waals surface area (Å²) < 4.78 is 34.4. The van der Waals surface area contributed by atoms with Gasteiger partial charge in [-0.2, -0.15) is 4.72 Å². The third kappa shape index (κ3) is 6.77. The zero-order valence-electron chi connectivity index (χ0n) is 20.2. The molecule has 8 heteroatoms. The van der Waals surface area contributed by atoms with E-state index in [0.29, 0.717) is 5.75 Å². The van der Waals surface area contributed by atoms with E-state index in [1.807, 2.05) is 91.0 Å². The number of benzene rings is 4. The molecule has 0 radical (unpaired) electrons. The van der Waals surface area contributed by atoms with Crippen LogP contribution in [0.15, 0.2) is 114 Å². The Balaban J connectivity index is 1.66. The van der Waals surface area contributed by atoms with Gasteiger partial charge < -0.3 is 10.1 Å². The number of ether oxygens (including phenoxy) is 1. The molecule has 2 N–H and O–H groups in total. The first-order chi connectivity index (χ1) is 17.9. The number of sulfonamides is 1. The molecule has 0 aliphatic carbocycles. The Bertz CT molecular complexity index is 1390. The third-order valence-electron chi connectivity index (χ3n) is 5.88. The Kier molecular flexibility index (Phi) is 8.61. The van der Waals surface area contributed by atoms with Crippen molar-refractivity contribution in [3.63, 3.8) is 0 Å². The van der Waals surface area contributed by atoms with Crippen LogP contribution in [0.5, 0.6) is 5.75 Å². The van der Waals surface area contributed by atoms with E-state index in [2.05, 4.69) is 10.0 Å². The van der Waals surface area contributed by atoms with Gasteiger partial charge in [-0.3, -0.25) is 4.79 Å². The monoisotopic (exact) mass is 534 g/mol. The Morgan fingerprint density at radius 2 is 1.38 bits per heavy atom. The molecule has 4 rings (SSSR count). The lowest BCUT2D eigenvalue weighted by atomic mass is 9.97. The van der Waals surface area contributed by atoms with Crippen LogP contribution in [0, 0.1) is 0 Å². The molecule has 37 heavy (non-hydrogen) atoms. The molecule has 4 aromatic rings. The van der Waals surface area contributed by atoms with Crippen molar-refractivity contribution in [1.82, 2.24) is 10.0 Å². The van der Waals surface area contributed by atoms with Crippen LogP contribution in [0.25, 0.3) is 0 Å². The predicted molar refractivity (Wildman–Crippen MR) is 145 cm³/mol. The zero-order chi connectivity index (χ0) is 26.3. The fourth-order valence-corrected chi connectivity index (χ4v) is 5.54. The quantitative estimate of drug-likeness (QED) is 0.295. The molecule has 0 heterocycles. The number of hydrogen-bond acceptors (Lipinski definition) is 4. The van der Waals surface area contributed by atoms with Gasteiger partial charge in [0.2, 0.25) is 15.9 Å². The number of methoxy groups -OCH3 is 1. The zero-order valence-corrected chi connectivity index (χ0v) is 21.7. The van der Waals surface area contributed by atoms with Crippen LogP contribution < -0.4 is 14.8 Å². The normalized spacial score (nSPS) is 12.2. The molecule has 190 valence electrons. The van der Waals surface area contributed by atoms with Gasteiger partial charge in [0.1, 0.15) is 11.8 Å². The second-order valence-corrected chi connectivity index (χ2v) is 10.5. The van der Waals surface area contributed by atoms with E-state index in [1.54, 1.807) is 0 Å². The average Bonchev–Trinajstić information content (AvgIpc) is 2.92. The van der Waals surface area contributed by atoms with E-state index in [4.69, 9.17) is 16.3 Å². The molecule has 0 aliphatic rings. The first-order valence-corrected chi connectivity index (χ1v) is 13.5. The SMILES string of the molecule is COc1ccc(S(=O)(=O)NC(Cc2ccccc2)C(=O)NC(c2ccccc2)c2ccccc2)cc1Cl. The van der Waals surface area contributed by atoms with Crippen LogP contribution in [-0.2, 0) is 21.2 Å². The summed E-state index contributed by atoms with van der Waals surface area (Å²) in [7, 11) is -2.64. The predicted octanol–water partition coefficient (Wildman–Crippen LogP) is 5.14. The van der Waals surface area contributed by atoms with Crippen LogP contribution in [0.4, 0.5) is 0 Å². The molecular formula is C29H27ClN2O4S. The Morgan fingerprint density at radius 1 is 0.838 bits per heavy atom. The number of rotatable bonds is 10. The summed E-state index contributed by atoms with van der Waals surface area (Å²) in [6.45, 7) is 0. The second-order valence-electron chi connectivity index (χ2n) is 8.42. The van der Waals surface area contributed by atoms with Gasteiger partial charge in [-0.1, -0.05) is 103 Å². The van der Waals surface area contributed by atoms with Crippen molar-refractivity contribution in [2.24, 2.45) is 0 Å². The summed E-state index contributed by atoms with van der Waals surface area (Å²) in [4.78, 5) is 13.6. The van der Waals surface area contributed by atoms with Gasteiger partial charge in [0.25, 0.3) is 0 Å². The highest BCUT2D eigenvalue weighted by Gasteiger charge is 2.29. The maximum atomic E-state index is 13.7. The molecule has 0 aromatic heterocycles. The van der Waals surface area contributed by atoms with Crippen molar-refractivity contribution in [3.8, 4) is 5.75 Å². The van der Waals surface area contributed by atoms with Crippen LogP contribution in [-0.4, -0.2) is 27.5 Å². The van der Waals surface area contributed by atoms with Gasteiger partial charge in [-0.25, -0.2) is 8.42 Å². The van der Waals surface area contributed by atoms with Gasteiger partial charge >= 0.3 is 0 Å². The highest BCUT2D eigenvalue weighted by atomic mass is 35.5. The van der Waals surface area contributed by atoms with E-state index >= 15 is 0 Å². The first-order valence-electron chi connectivity index (χ1n) is 11.7. The second kappa shape index (κ2) is 12.1. The van der Waals surface area contributed by atoms with E-state index in [9.17, 15) is 13.2 Å². The van der Waals surface area contributed by atoms with Crippen molar-refractivity contribution in [2.45, 2.75) is 23.4 Å². The number of halogens is 1. The van der Waals surface area contributed by atoms with E-state index in [1.165, 1.54) is 25.3 Å². The molecule has 0 saturated heterocycles. The summed E-state index contributed by atoms with van der Waals surface area (Å²) in [5.41, 5.74) is 2.57. The summed E-state index contributed by atoms with van der Waals surface area (Å²) >= 11 is 6.17. The topological polar surface area (TPSA) is 84.5 Å². The minimum Gasteiger partial charge on any atom is -0.495 e. The number of amides is 1. The Hall–Kier alpha value is -3.65. The van der Waals surface area contributed by atoms with Crippen LogP contribution in [0.2, 0.25) is 5.02 Å². The van der Waals surface area contributed by atoms with Crippen molar-refractivity contribution in [3.05, 3.63) is 131 Å². The maximum Gasteiger partial charge on any atom is 0.241 e. The summed E-state index contributed by atoms with van der Waals surface area (Å²) in [6.07, 6.45) is 0.159. The molecule has 1 unspecified atom stereocenters. The van der Waals surface area contributed by atoms with Crippen molar-refractivity contribution in [2.75, 3.05) is 7.11 Å². The molecule has 0 saturated carbocycles. The average molecular weight is 535 g/mol. The van der Waals surface area contributed by atoms with Crippen LogP contribution in [0.3, 0.4) is 0 Å². The highest BCUT2D eigenvalue weighted by Crippen LogP contribution is 2.27. The summed E-state index contributed by atoms with van der Waals surface area (Å²) in [6, 6.07) is 31.0. The lowest BCUT2D eigenvalue weighted by molar-refractivity contribution is -0.123. The van der Waals surface area contributed by atoms with Crippen LogP contribution >= 0.6 is 11.6 Å². The molecule has 1 atom stereocenters. The van der Waals surface area contributed by atoms with Gasteiger partial charge in [-0.05, 0) is 41.3 Å². The molecular weight excluding hydrogens is 508 g/mol. The van der Waals surface area contributed by atoms with Gasteiger partial charge in [0, 0.05) is 0 Å². The summed E-state index contributed by atoms with van der Waals surface area (Å²) in [5.74, 6) is -0.0995. The fraction of sp³-hybridized carbons (Fsp3) is 0.138. The molecule has 1 amide bonds. The van der Waals surface area contributed by atoms with E-state index in [-0.39, 0.29) is 16.3 Å². The number of carbonyl (C=O) groups excluding carboxylic acids is 1. The first kappa shape index (κ1) is 26.4. The van der Waals surface area contributed by atoms with Crippen molar-refractivity contribution >= 4 is 27.5 Å². The van der Waals surface area contributed by atoms with E-state index < -0.39 is 28.0 Å². The maximum absolute atomic E-state index is 13.7. The lowest BCUT2D eigenvalue weighted by Gasteiger charge is -2.24. The Labute approximate surface area is 222 Å². The molecule has 0 spiro atoms. The standard InChI is InChI=1S/C29H27ClN2O4S/c1-36-27-18-17-24(20-25(27)30)37(34,35)32-26(19-21-11-5-2-6-12-21)29(33)31-28(22-13-7-3-8-14-22)23-15-9-4-10-16-23/h2-18,20,26,28,32H,19H2,1H3,(H,31,33). The molecule has 0 bridgehead atoms. The van der Waals surface area contributed by atoms with Crippen molar-refractivity contribution in [1.29, 1.82) is 0 Å². The summed E-state index contributed by atoms with van der Waals surface area (Å²) in [5, 5.41) is 3.22. The number of carbonyl (C=O) groups is 1. The third-order valence-corrected chi connectivity index (χ3v) is 7.65. The smallest absolute Gasteiger partial charge is 0.241 e. The van der Waals surface area contributed by atoms with E-state index in [0.717, 1.165) is 16.7 Å². The molecule has 0 fully saturated rings. The minimum absolute atomic E-state index is 0.0631. The number of hydrogen-bond donors (Lipinski definition) is 2. The number of nitrogens with one attached hydrogen (secondary N) is 2. The van der Waals surface area contributed by atoms with Gasteiger partial charge in [0.15, 0.2) is 0 Å². The molecule has 4 aromatic carbocycles. The largest absolute Gasteiger partial charge is 0.495 e. The Morgan fingerprint density at radius 3 is 1.89 bits per heavy atom. The minimum atomic E-state index is -4.09. The highest BCUT2D eigenvalue weighted by molar-refractivity contribution is 7.89. The van der Waals surface area contributed by atoms with Gasteiger partial charge in [0.05, 0.1) is 23.1 Å².